The Labute approximate surface area is 111 Å². The molecule has 4 nitrogen and oxygen atoms in total. The number of aliphatic carboxylic acids is 1. The van der Waals surface area contributed by atoms with Crippen LogP contribution >= 0.6 is 0 Å². The molecule has 98 valence electrons. The summed E-state index contributed by atoms with van der Waals surface area (Å²) >= 11 is 0. The second-order valence-electron chi connectivity index (χ2n) is 4.11. The van der Waals surface area contributed by atoms with Gasteiger partial charge in [-0.3, -0.25) is 4.79 Å². The summed E-state index contributed by atoms with van der Waals surface area (Å²) in [6, 6.07) is 16.3. The second-order valence-corrected chi connectivity index (χ2v) is 4.11. The number of rotatable bonds is 5. The van der Waals surface area contributed by atoms with Crippen molar-refractivity contribution in [1.29, 1.82) is 0 Å². The highest BCUT2D eigenvalue weighted by molar-refractivity contribution is 5.76. The molecule has 2 rings (SSSR count). The topological polar surface area (TPSA) is 72.6 Å². The SMILES string of the molecule is NCC(C(=O)O)c1cccc(Oc2ccccc2)c1. The fraction of sp³-hybridized carbons (Fsp3) is 0.133. The van der Waals surface area contributed by atoms with Crippen LogP contribution in [0, 0.1) is 0 Å². The van der Waals surface area contributed by atoms with Gasteiger partial charge in [-0.2, -0.15) is 0 Å². The van der Waals surface area contributed by atoms with Crippen molar-refractivity contribution in [3.05, 3.63) is 60.2 Å². The van der Waals surface area contributed by atoms with Crippen LogP contribution in [-0.4, -0.2) is 17.6 Å². The van der Waals surface area contributed by atoms with Crippen molar-refractivity contribution in [3.8, 4) is 11.5 Å². The van der Waals surface area contributed by atoms with E-state index in [1.54, 1.807) is 24.3 Å². The van der Waals surface area contributed by atoms with Gasteiger partial charge in [0.25, 0.3) is 0 Å². The van der Waals surface area contributed by atoms with Gasteiger partial charge in [0.1, 0.15) is 11.5 Å². The zero-order valence-electron chi connectivity index (χ0n) is 10.3. The molecule has 0 saturated carbocycles. The minimum atomic E-state index is -0.931. The lowest BCUT2D eigenvalue weighted by molar-refractivity contribution is -0.138. The van der Waals surface area contributed by atoms with E-state index in [-0.39, 0.29) is 6.54 Å². The summed E-state index contributed by atoms with van der Waals surface area (Å²) in [6.45, 7) is 0.0596. The number of hydrogen-bond acceptors (Lipinski definition) is 3. The van der Waals surface area contributed by atoms with Gasteiger partial charge < -0.3 is 15.6 Å². The molecule has 0 bridgehead atoms. The molecule has 0 aliphatic carbocycles. The first-order valence-electron chi connectivity index (χ1n) is 5.96. The molecule has 4 heteroatoms. The van der Waals surface area contributed by atoms with E-state index in [1.165, 1.54) is 0 Å². The van der Waals surface area contributed by atoms with Gasteiger partial charge in [-0.15, -0.1) is 0 Å². The van der Waals surface area contributed by atoms with E-state index in [9.17, 15) is 4.79 Å². The molecular formula is C15H15NO3. The van der Waals surface area contributed by atoms with Crippen LogP contribution in [-0.2, 0) is 4.79 Å². The molecule has 0 fully saturated rings. The summed E-state index contributed by atoms with van der Waals surface area (Å²) in [5.41, 5.74) is 6.13. The average molecular weight is 257 g/mol. The molecule has 0 heterocycles. The van der Waals surface area contributed by atoms with Crippen molar-refractivity contribution in [2.75, 3.05) is 6.54 Å². The predicted octanol–water partition coefficient (Wildman–Crippen LogP) is 2.61. The number of carboxylic acid groups (broad SMARTS) is 1. The van der Waals surface area contributed by atoms with Crippen molar-refractivity contribution in [2.24, 2.45) is 5.73 Å². The van der Waals surface area contributed by atoms with Gasteiger partial charge in [0, 0.05) is 6.54 Å². The summed E-state index contributed by atoms with van der Waals surface area (Å²) in [7, 11) is 0. The number of ether oxygens (including phenoxy) is 1. The Hall–Kier alpha value is -2.33. The van der Waals surface area contributed by atoms with Crippen molar-refractivity contribution in [3.63, 3.8) is 0 Å². The van der Waals surface area contributed by atoms with E-state index in [4.69, 9.17) is 15.6 Å². The molecular weight excluding hydrogens is 242 g/mol. The first-order chi connectivity index (χ1) is 9.20. The third-order valence-corrected chi connectivity index (χ3v) is 2.77. The maximum Gasteiger partial charge on any atom is 0.312 e. The van der Waals surface area contributed by atoms with Crippen molar-refractivity contribution in [2.45, 2.75) is 5.92 Å². The zero-order valence-corrected chi connectivity index (χ0v) is 10.3. The number of para-hydroxylation sites is 1. The normalized spacial score (nSPS) is 11.8. The molecule has 0 spiro atoms. The summed E-state index contributed by atoms with van der Waals surface area (Å²) in [5.74, 6) is -0.332. The van der Waals surface area contributed by atoms with Crippen LogP contribution in [0.5, 0.6) is 11.5 Å². The first-order valence-corrected chi connectivity index (χ1v) is 5.96. The van der Waals surface area contributed by atoms with Gasteiger partial charge in [-0.1, -0.05) is 30.3 Å². The van der Waals surface area contributed by atoms with Gasteiger partial charge >= 0.3 is 5.97 Å². The maximum absolute atomic E-state index is 11.1. The third kappa shape index (κ3) is 3.33. The monoisotopic (exact) mass is 257 g/mol. The summed E-state index contributed by atoms with van der Waals surface area (Å²) in [5, 5.41) is 9.09. The predicted molar refractivity (Wildman–Crippen MR) is 72.4 cm³/mol. The van der Waals surface area contributed by atoms with Crippen LogP contribution in [0.1, 0.15) is 11.5 Å². The minimum Gasteiger partial charge on any atom is -0.481 e. The summed E-state index contributed by atoms with van der Waals surface area (Å²) < 4.78 is 5.66. The molecule has 0 aromatic heterocycles. The molecule has 1 unspecified atom stereocenters. The fourth-order valence-corrected chi connectivity index (χ4v) is 1.80. The lowest BCUT2D eigenvalue weighted by Crippen LogP contribution is -2.21. The quantitative estimate of drug-likeness (QED) is 0.863. The van der Waals surface area contributed by atoms with E-state index in [0.29, 0.717) is 17.1 Å². The van der Waals surface area contributed by atoms with E-state index >= 15 is 0 Å². The smallest absolute Gasteiger partial charge is 0.312 e. The molecule has 2 aromatic carbocycles. The summed E-state index contributed by atoms with van der Waals surface area (Å²) in [4.78, 5) is 11.1. The number of carbonyl (C=O) groups is 1. The number of nitrogens with two attached hydrogens (primary N) is 1. The fourth-order valence-electron chi connectivity index (χ4n) is 1.80. The lowest BCUT2D eigenvalue weighted by Gasteiger charge is -2.12. The van der Waals surface area contributed by atoms with Gasteiger partial charge in [0.15, 0.2) is 0 Å². The maximum atomic E-state index is 11.1. The zero-order chi connectivity index (χ0) is 13.7. The van der Waals surface area contributed by atoms with Gasteiger partial charge in [-0.25, -0.2) is 0 Å². The molecule has 0 saturated heterocycles. The Kier molecular flexibility index (Phi) is 4.15. The molecule has 2 aromatic rings. The molecule has 0 aliphatic rings. The van der Waals surface area contributed by atoms with Gasteiger partial charge in [0.2, 0.25) is 0 Å². The van der Waals surface area contributed by atoms with E-state index in [1.807, 2.05) is 30.3 Å². The van der Waals surface area contributed by atoms with Crippen molar-refractivity contribution < 1.29 is 14.6 Å². The van der Waals surface area contributed by atoms with Gasteiger partial charge in [0.05, 0.1) is 5.92 Å². The highest BCUT2D eigenvalue weighted by Crippen LogP contribution is 2.25. The Morgan fingerprint density at radius 1 is 1.11 bits per heavy atom. The molecule has 1 atom stereocenters. The Balaban J connectivity index is 2.22. The molecule has 0 amide bonds. The standard InChI is InChI=1S/C15H15NO3/c16-10-14(15(17)18)11-5-4-8-13(9-11)19-12-6-2-1-3-7-12/h1-9,14H,10,16H2,(H,17,18). The second kappa shape index (κ2) is 6.02. The third-order valence-electron chi connectivity index (χ3n) is 2.77. The van der Waals surface area contributed by atoms with E-state index in [0.717, 1.165) is 0 Å². The van der Waals surface area contributed by atoms with Crippen LogP contribution in [0.3, 0.4) is 0 Å². The molecule has 0 radical (unpaired) electrons. The van der Waals surface area contributed by atoms with Crippen LogP contribution < -0.4 is 10.5 Å². The highest BCUT2D eigenvalue weighted by Gasteiger charge is 2.18. The van der Waals surface area contributed by atoms with Crippen molar-refractivity contribution >= 4 is 5.97 Å². The molecule has 19 heavy (non-hydrogen) atoms. The van der Waals surface area contributed by atoms with Crippen LogP contribution in [0.15, 0.2) is 54.6 Å². The number of carboxylic acids is 1. The Bertz CT molecular complexity index is 554. The Morgan fingerprint density at radius 2 is 1.79 bits per heavy atom. The summed E-state index contributed by atoms with van der Waals surface area (Å²) in [6.07, 6.45) is 0. The average Bonchev–Trinajstić information content (AvgIpc) is 2.41. The largest absolute Gasteiger partial charge is 0.481 e. The van der Waals surface area contributed by atoms with E-state index < -0.39 is 11.9 Å². The van der Waals surface area contributed by atoms with Crippen molar-refractivity contribution in [1.82, 2.24) is 0 Å². The van der Waals surface area contributed by atoms with Crippen LogP contribution in [0.25, 0.3) is 0 Å². The lowest BCUT2D eigenvalue weighted by atomic mass is 9.99. The molecule has 0 aliphatic heterocycles. The minimum absolute atomic E-state index is 0.0596. The first kappa shape index (κ1) is 13.1. The van der Waals surface area contributed by atoms with E-state index in [2.05, 4.69) is 0 Å². The van der Waals surface area contributed by atoms with Crippen LogP contribution in [0.2, 0.25) is 0 Å². The Morgan fingerprint density at radius 3 is 2.42 bits per heavy atom. The molecule has 3 N–H and O–H groups in total. The van der Waals surface area contributed by atoms with Crippen LogP contribution in [0.4, 0.5) is 0 Å². The van der Waals surface area contributed by atoms with Gasteiger partial charge in [-0.05, 0) is 29.8 Å². The number of hydrogen-bond donors (Lipinski definition) is 2. The number of benzene rings is 2. The highest BCUT2D eigenvalue weighted by atomic mass is 16.5.